The average Bonchev–Trinajstić information content (AvgIpc) is 2.34. The van der Waals surface area contributed by atoms with Crippen molar-refractivity contribution in [3.05, 3.63) is 29.8 Å². The monoisotopic (exact) mass is 237 g/mol. The zero-order valence-electron chi connectivity index (χ0n) is 10.5. The van der Waals surface area contributed by atoms with Gasteiger partial charge in [0.1, 0.15) is 12.4 Å². The lowest BCUT2D eigenvalue weighted by Gasteiger charge is -2.10. The predicted molar refractivity (Wildman–Crippen MR) is 67.0 cm³/mol. The molecule has 1 rings (SSSR count). The third kappa shape index (κ3) is 4.87. The van der Waals surface area contributed by atoms with Crippen molar-refractivity contribution < 1.29 is 14.7 Å². The van der Waals surface area contributed by atoms with Crippen LogP contribution in [0.5, 0.6) is 5.75 Å². The molecule has 17 heavy (non-hydrogen) atoms. The highest BCUT2D eigenvalue weighted by atomic mass is 16.5. The van der Waals surface area contributed by atoms with Gasteiger partial charge in [-0.05, 0) is 32.9 Å². The fourth-order valence-corrected chi connectivity index (χ4v) is 1.31. The van der Waals surface area contributed by atoms with Crippen LogP contribution in [0.4, 0.5) is 0 Å². The van der Waals surface area contributed by atoms with Gasteiger partial charge in [-0.15, -0.1) is 0 Å². The summed E-state index contributed by atoms with van der Waals surface area (Å²) < 4.78 is 10.9. The van der Waals surface area contributed by atoms with Crippen LogP contribution in [-0.4, -0.2) is 30.2 Å². The molecule has 0 saturated heterocycles. The van der Waals surface area contributed by atoms with E-state index in [1.165, 1.54) is 0 Å². The fourth-order valence-electron chi connectivity index (χ4n) is 1.31. The number of ether oxygens (including phenoxy) is 2. The summed E-state index contributed by atoms with van der Waals surface area (Å²) >= 11 is 0. The van der Waals surface area contributed by atoms with E-state index in [9.17, 15) is 0 Å². The van der Waals surface area contributed by atoms with E-state index < -0.39 is 0 Å². The Kier molecular flexibility index (Phi) is 5.49. The predicted octanol–water partition coefficient (Wildman–Crippen LogP) is 2.69. The molecule has 0 aromatic heterocycles. The molecular formula is C13H19NO3. The lowest BCUT2D eigenvalue weighted by Crippen LogP contribution is -2.11. The van der Waals surface area contributed by atoms with E-state index in [1.807, 2.05) is 38.1 Å². The summed E-state index contributed by atoms with van der Waals surface area (Å²) in [5.41, 5.74) is 1.41. The maximum Gasteiger partial charge on any atom is 0.120 e. The first-order valence-corrected chi connectivity index (χ1v) is 5.67. The molecule has 1 aromatic carbocycles. The van der Waals surface area contributed by atoms with Crippen molar-refractivity contribution in [2.24, 2.45) is 5.16 Å². The van der Waals surface area contributed by atoms with Gasteiger partial charge in [-0.25, -0.2) is 0 Å². The molecule has 0 radical (unpaired) electrons. The van der Waals surface area contributed by atoms with Crippen LogP contribution < -0.4 is 4.74 Å². The number of hydrogen-bond donors (Lipinski definition) is 1. The van der Waals surface area contributed by atoms with Crippen LogP contribution in [0.3, 0.4) is 0 Å². The van der Waals surface area contributed by atoms with E-state index in [2.05, 4.69) is 5.16 Å². The Morgan fingerprint density at radius 2 is 2.12 bits per heavy atom. The van der Waals surface area contributed by atoms with Gasteiger partial charge < -0.3 is 14.7 Å². The minimum atomic E-state index is 0.216. The lowest BCUT2D eigenvalue weighted by atomic mass is 10.1. The Bertz CT molecular complexity index is 375. The molecule has 0 atom stereocenters. The molecule has 1 aromatic rings. The Labute approximate surface area is 102 Å². The molecule has 0 fully saturated rings. The van der Waals surface area contributed by atoms with Crippen LogP contribution in [0, 0.1) is 0 Å². The second kappa shape index (κ2) is 6.91. The van der Waals surface area contributed by atoms with E-state index in [-0.39, 0.29) is 6.10 Å². The Hall–Kier alpha value is -1.55. The van der Waals surface area contributed by atoms with E-state index >= 15 is 0 Å². The average molecular weight is 237 g/mol. The summed E-state index contributed by atoms with van der Waals surface area (Å²) in [6, 6.07) is 7.43. The minimum Gasteiger partial charge on any atom is -0.491 e. The lowest BCUT2D eigenvalue weighted by molar-refractivity contribution is 0.0552. The Balaban J connectivity index is 2.49. The SMILES string of the molecule is C/C(=N\O)c1cccc(OCCOC(C)C)c1. The molecule has 1 N–H and O–H groups in total. The van der Waals surface area contributed by atoms with Gasteiger partial charge in [0.15, 0.2) is 0 Å². The maximum absolute atomic E-state index is 8.68. The minimum absolute atomic E-state index is 0.216. The van der Waals surface area contributed by atoms with Crippen molar-refractivity contribution in [2.75, 3.05) is 13.2 Å². The summed E-state index contributed by atoms with van der Waals surface area (Å²) in [6.07, 6.45) is 0.216. The highest BCUT2D eigenvalue weighted by Gasteiger charge is 2.00. The third-order valence-electron chi connectivity index (χ3n) is 2.21. The molecule has 0 heterocycles. The zero-order valence-corrected chi connectivity index (χ0v) is 10.5. The van der Waals surface area contributed by atoms with Gasteiger partial charge in [0.05, 0.1) is 18.4 Å². The third-order valence-corrected chi connectivity index (χ3v) is 2.21. The smallest absolute Gasteiger partial charge is 0.120 e. The zero-order chi connectivity index (χ0) is 12.7. The van der Waals surface area contributed by atoms with Crippen LogP contribution in [0.15, 0.2) is 29.4 Å². The van der Waals surface area contributed by atoms with Gasteiger partial charge in [0.25, 0.3) is 0 Å². The van der Waals surface area contributed by atoms with Crippen LogP contribution in [0.25, 0.3) is 0 Å². The van der Waals surface area contributed by atoms with Crippen molar-refractivity contribution in [3.8, 4) is 5.75 Å². The first-order valence-electron chi connectivity index (χ1n) is 5.67. The molecular weight excluding hydrogens is 218 g/mol. The van der Waals surface area contributed by atoms with Gasteiger partial charge in [0, 0.05) is 5.56 Å². The fraction of sp³-hybridized carbons (Fsp3) is 0.462. The summed E-state index contributed by atoms with van der Waals surface area (Å²) in [6.45, 7) is 6.79. The van der Waals surface area contributed by atoms with Crippen LogP contribution in [0.1, 0.15) is 26.3 Å². The van der Waals surface area contributed by atoms with E-state index in [0.29, 0.717) is 18.9 Å². The number of hydrogen-bond acceptors (Lipinski definition) is 4. The van der Waals surface area contributed by atoms with Gasteiger partial charge >= 0.3 is 0 Å². The first kappa shape index (κ1) is 13.5. The Morgan fingerprint density at radius 3 is 2.76 bits per heavy atom. The summed E-state index contributed by atoms with van der Waals surface area (Å²) in [7, 11) is 0. The molecule has 0 unspecified atom stereocenters. The Morgan fingerprint density at radius 1 is 1.35 bits per heavy atom. The number of benzene rings is 1. The molecule has 0 bridgehead atoms. The molecule has 0 aliphatic rings. The van der Waals surface area contributed by atoms with E-state index in [1.54, 1.807) is 6.92 Å². The van der Waals surface area contributed by atoms with Crippen LogP contribution in [0.2, 0.25) is 0 Å². The van der Waals surface area contributed by atoms with E-state index in [0.717, 1.165) is 11.3 Å². The highest BCUT2D eigenvalue weighted by molar-refractivity contribution is 5.98. The number of rotatable bonds is 6. The molecule has 0 saturated carbocycles. The standard InChI is InChI=1S/C13H19NO3/c1-10(2)16-7-8-17-13-6-4-5-12(9-13)11(3)14-15/h4-6,9-10,15H,7-8H2,1-3H3/b14-11+. The van der Waals surface area contributed by atoms with Crippen LogP contribution in [-0.2, 0) is 4.74 Å². The second-order valence-electron chi connectivity index (χ2n) is 3.98. The van der Waals surface area contributed by atoms with Crippen molar-refractivity contribution in [2.45, 2.75) is 26.9 Å². The largest absolute Gasteiger partial charge is 0.491 e. The molecule has 0 amide bonds. The molecule has 0 aliphatic heterocycles. The molecule has 4 nitrogen and oxygen atoms in total. The van der Waals surface area contributed by atoms with E-state index in [4.69, 9.17) is 14.7 Å². The number of oxime groups is 1. The van der Waals surface area contributed by atoms with Gasteiger partial charge in [-0.1, -0.05) is 17.3 Å². The van der Waals surface area contributed by atoms with Crippen molar-refractivity contribution in [3.63, 3.8) is 0 Å². The summed E-state index contributed by atoms with van der Waals surface area (Å²) in [4.78, 5) is 0. The van der Waals surface area contributed by atoms with Crippen LogP contribution >= 0.6 is 0 Å². The van der Waals surface area contributed by atoms with Gasteiger partial charge in [-0.3, -0.25) is 0 Å². The van der Waals surface area contributed by atoms with Gasteiger partial charge in [-0.2, -0.15) is 0 Å². The normalized spacial score (nSPS) is 11.9. The quantitative estimate of drug-likeness (QED) is 0.358. The maximum atomic E-state index is 8.68. The number of nitrogens with zero attached hydrogens (tertiary/aromatic N) is 1. The highest BCUT2D eigenvalue weighted by Crippen LogP contribution is 2.14. The molecule has 94 valence electrons. The molecule has 4 heteroatoms. The van der Waals surface area contributed by atoms with Gasteiger partial charge in [0.2, 0.25) is 0 Å². The van der Waals surface area contributed by atoms with Crippen molar-refractivity contribution in [1.29, 1.82) is 0 Å². The summed E-state index contributed by atoms with van der Waals surface area (Å²) in [5, 5.41) is 11.8. The molecule has 0 aliphatic carbocycles. The van der Waals surface area contributed by atoms with Crippen molar-refractivity contribution >= 4 is 5.71 Å². The first-order chi connectivity index (χ1) is 8.13. The topological polar surface area (TPSA) is 51.1 Å². The van der Waals surface area contributed by atoms with Crippen molar-refractivity contribution in [1.82, 2.24) is 0 Å². The molecule has 0 spiro atoms. The summed E-state index contributed by atoms with van der Waals surface area (Å²) in [5.74, 6) is 0.748. The second-order valence-corrected chi connectivity index (χ2v) is 3.98.